The van der Waals surface area contributed by atoms with Crippen LogP contribution in [0.3, 0.4) is 0 Å². The second-order valence-corrected chi connectivity index (χ2v) is 6.89. The first-order chi connectivity index (χ1) is 11.1. The van der Waals surface area contributed by atoms with E-state index in [1.165, 1.54) is 11.3 Å². The van der Waals surface area contributed by atoms with E-state index in [9.17, 15) is 9.59 Å². The first-order valence-corrected chi connectivity index (χ1v) is 8.47. The van der Waals surface area contributed by atoms with Crippen molar-refractivity contribution < 1.29 is 14.7 Å². The minimum atomic E-state index is -0.881. The summed E-state index contributed by atoms with van der Waals surface area (Å²) in [6.45, 7) is 0. The Morgan fingerprint density at radius 1 is 1.26 bits per heavy atom. The van der Waals surface area contributed by atoms with Crippen LogP contribution in [0.1, 0.15) is 46.7 Å². The molecule has 0 aliphatic heterocycles. The third-order valence-corrected chi connectivity index (χ3v) is 5.01. The number of carboxylic acids is 1. The summed E-state index contributed by atoms with van der Waals surface area (Å²) in [5, 5.41) is 14.5. The van der Waals surface area contributed by atoms with Gasteiger partial charge in [0.2, 0.25) is 0 Å². The zero-order valence-corrected chi connectivity index (χ0v) is 13.4. The van der Waals surface area contributed by atoms with Gasteiger partial charge in [0.15, 0.2) is 0 Å². The van der Waals surface area contributed by atoms with Crippen molar-refractivity contribution >= 4 is 23.2 Å². The molecule has 1 aromatic heterocycles. The van der Waals surface area contributed by atoms with Crippen LogP contribution in [0.5, 0.6) is 0 Å². The molecule has 23 heavy (non-hydrogen) atoms. The number of hydrogen-bond acceptors (Lipinski definition) is 4. The van der Waals surface area contributed by atoms with E-state index in [4.69, 9.17) is 5.11 Å². The van der Waals surface area contributed by atoms with Crippen LogP contribution in [0, 0.1) is 0 Å². The van der Waals surface area contributed by atoms with Gasteiger partial charge < -0.3 is 10.4 Å². The molecule has 1 saturated carbocycles. The molecule has 1 aromatic carbocycles. The van der Waals surface area contributed by atoms with Gasteiger partial charge in [-0.05, 0) is 24.8 Å². The molecule has 0 bridgehead atoms. The summed E-state index contributed by atoms with van der Waals surface area (Å²) in [6.07, 6.45) is 3.04. The summed E-state index contributed by atoms with van der Waals surface area (Å²) in [7, 11) is 0. The molecule has 0 saturated heterocycles. The summed E-state index contributed by atoms with van der Waals surface area (Å²) >= 11 is 1.45. The van der Waals surface area contributed by atoms with Crippen LogP contribution in [-0.2, 0) is 11.2 Å². The number of benzene rings is 1. The lowest BCUT2D eigenvalue weighted by atomic mass is 9.74. The summed E-state index contributed by atoms with van der Waals surface area (Å²) in [5.74, 6) is -1.16. The van der Waals surface area contributed by atoms with Gasteiger partial charge in [0.1, 0.15) is 5.69 Å². The fourth-order valence-electron chi connectivity index (χ4n) is 2.81. The fourth-order valence-corrected chi connectivity index (χ4v) is 3.62. The predicted molar refractivity (Wildman–Crippen MR) is 87.7 cm³/mol. The van der Waals surface area contributed by atoms with E-state index in [1.54, 1.807) is 5.38 Å². The second-order valence-electron chi connectivity index (χ2n) is 5.95. The number of carbonyl (C=O) groups excluding carboxylic acids is 1. The van der Waals surface area contributed by atoms with Crippen molar-refractivity contribution in [2.75, 3.05) is 0 Å². The van der Waals surface area contributed by atoms with E-state index in [1.807, 2.05) is 30.3 Å². The van der Waals surface area contributed by atoms with Crippen LogP contribution in [0.15, 0.2) is 35.7 Å². The van der Waals surface area contributed by atoms with Gasteiger partial charge in [0, 0.05) is 11.8 Å². The SMILES string of the molecule is O=C(O)CC1(NC(=O)c2csc(Cc3ccccc3)n2)CCC1. The maximum Gasteiger partial charge on any atom is 0.305 e. The van der Waals surface area contributed by atoms with Gasteiger partial charge in [0.05, 0.1) is 17.0 Å². The molecular weight excluding hydrogens is 312 g/mol. The van der Waals surface area contributed by atoms with Crippen LogP contribution < -0.4 is 5.32 Å². The van der Waals surface area contributed by atoms with Gasteiger partial charge in [0.25, 0.3) is 5.91 Å². The third-order valence-electron chi connectivity index (χ3n) is 4.16. The van der Waals surface area contributed by atoms with Gasteiger partial charge in [-0.15, -0.1) is 11.3 Å². The molecule has 2 N–H and O–H groups in total. The van der Waals surface area contributed by atoms with Crippen molar-refractivity contribution in [2.24, 2.45) is 0 Å². The van der Waals surface area contributed by atoms with E-state index in [-0.39, 0.29) is 12.3 Å². The largest absolute Gasteiger partial charge is 0.481 e. The zero-order valence-electron chi connectivity index (χ0n) is 12.6. The number of carboxylic acid groups (broad SMARTS) is 1. The van der Waals surface area contributed by atoms with Gasteiger partial charge in [-0.25, -0.2) is 4.98 Å². The summed E-state index contributed by atoms with van der Waals surface area (Å²) < 4.78 is 0. The van der Waals surface area contributed by atoms with Crippen LogP contribution in [0.4, 0.5) is 0 Å². The van der Waals surface area contributed by atoms with Gasteiger partial charge >= 0.3 is 5.97 Å². The van der Waals surface area contributed by atoms with Crippen molar-refractivity contribution in [3.63, 3.8) is 0 Å². The Labute approximate surface area is 138 Å². The third kappa shape index (κ3) is 3.76. The summed E-state index contributed by atoms with van der Waals surface area (Å²) in [4.78, 5) is 27.7. The smallest absolute Gasteiger partial charge is 0.305 e. The molecule has 1 fully saturated rings. The van der Waals surface area contributed by atoms with E-state index in [0.29, 0.717) is 25.0 Å². The number of aliphatic carboxylic acids is 1. The monoisotopic (exact) mass is 330 g/mol. The van der Waals surface area contributed by atoms with Crippen LogP contribution >= 0.6 is 11.3 Å². The second kappa shape index (κ2) is 6.50. The van der Waals surface area contributed by atoms with Gasteiger partial charge in [-0.1, -0.05) is 30.3 Å². The van der Waals surface area contributed by atoms with Crippen LogP contribution in [-0.4, -0.2) is 27.5 Å². The van der Waals surface area contributed by atoms with E-state index in [0.717, 1.165) is 17.0 Å². The average Bonchev–Trinajstić information content (AvgIpc) is 2.94. The van der Waals surface area contributed by atoms with E-state index < -0.39 is 11.5 Å². The maximum atomic E-state index is 12.3. The van der Waals surface area contributed by atoms with E-state index >= 15 is 0 Å². The molecule has 120 valence electrons. The minimum absolute atomic E-state index is 0.0280. The maximum absolute atomic E-state index is 12.3. The van der Waals surface area contributed by atoms with Crippen molar-refractivity contribution in [3.8, 4) is 0 Å². The van der Waals surface area contributed by atoms with Crippen molar-refractivity contribution in [1.82, 2.24) is 10.3 Å². The highest BCUT2D eigenvalue weighted by atomic mass is 32.1. The van der Waals surface area contributed by atoms with Crippen molar-refractivity contribution in [3.05, 3.63) is 52.0 Å². The summed E-state index contributed by atoms with van der Waals surface area (Å²) in [6, 6.07) is 9.96. The summed E-state index contributed by atoms with van der Waals surface area (Å²) in [5.41, 5.74) is 0.930. The average molecular weight is 330 g/mol. The number of amides is 1. The normalized spacial score (nSPS) is 15.7. The van der Waals surface area contributed by atoms with Crippen LogP contribution in [0.25, 0.3) is 0 Å². The Morgan fingerprint density at radius 2 is 2.00 bits per heavy atom. The highest BCUT2D eigenvalue weighted by molar-refractivity contribution is 7.09. The molecule has 0 unspecified atom stereocenters. The zero-order chi connectivity index (χ0) is 16.3. The quantitative estimate of drug-likeness (QED) is 0.853. The first-order valence-electron chi connectivity index (χ1n) is 7.59. The lowest BCUT2D eigenvalue weighted by molar-refractivity contribution is -0.139. The molecule has 2 aromatic rings. The Hall–Kier alpha value is -2.21. The Bertz CT molecular complexity index is 708. The molecular formula is C17H18N2O3S. The molecule has 3 rings (SSSR count). The fraction of sp³-hybridized carbons (Fsp3) is 0.353. The van der Waals surface area contributed by atoms with Crippen LogP contribution in [0.2, 0.25) is 0 Å². The standard InChI is InChI=1S/C17H18N2O3S/c20-15(21)10-17(7-4-8-17)19-16(22)13-11-23-14(18-13)9-12-5-2-1-3-6-12/h1-3,5-6,11H,4,7-10H2,(H,19,22)(H,20,21). The molecule has 6 heteroatoms. The number of rotatable bonds is 6. The number of nitrogens with one attached hydrogen (secondary N) is 1. The molecule has 0 spiro atoms. The van der Waals surface area contributed by atoms with Gasteiger partial charge in [-0.2, -0.15) is 0 Å². The highest BCUT2D eigenvalue weighted by Gasteiger charge is 2.40. The minimum Gasteiger partial charge on any atom is -0.481 e. The molecule has 1 aliphatic carbocycles. The lowest BCUT2D eigenvalue weighted by Gasteiger charge is -2.41. The van der Waals surface area contributed by atoms with Gasteiger partial charge in [-0.3, -0.25) is 9.59 Å². The lowest BCUT2D eigenvalue weighted by Crippen LogP contribution is -2.54. The molecule has 0 radical (unpaired) electrons. The van der Waals surface area contributed by atoms with Crippen molar-refractivity contribution in [1.29, 1.82) is 0 Å². The molecule has 1 aliphatic rings. The number of hydrogen-bond donors (Lipinski definition) is 2. The predicted octanol–water partition coefficient (Wildman–Crippen LogP) is 2.86. The molecule has 5 nitrogen and oxygen atoms in total. The molecule has 1 heterocycles. The Kier molecular flexibility index (Phi) is 4.43. The number of aromatic nitrogens is 1. The topological polar surface area (TPSA) is 79.3 Å². The Balaban J connectivity index is 1.65. The molecule has 0 atom stereocenters. The first kappa shape index (κ1) is 15.7. The Morgan fingerprint density at radius 3 is 2.61 bits per heavy atom. The number of nitrogens with zero attached hydrogens (tertiary/aromatic N) is 1. The highest BCUT2D eigenvalue weighted by Crippen LogP contribution is 2.35. The molecule has 1 amide bonds. The number of thiazole rings is 1. The number of carbonyl (C=O) groups is 2. The van der Waals surface area contributed by atoms with E-state index in [2.05, 4.69) is 10.3 Å². The van der Waals surface area contributed by atoms with Crippen molar-refractivity contribution in [2.45, 2.75) is 37.6 Å².